The highest BCUT2D eigenvalue weighted by Crippen LogP contribution is 2.73. The van der Waals surface area contributed by atoms with Gasteiger partial charge in [0.1, 0.15) is 11.7 Å². The maximum atomic E-state index is 12.9. The van der Waals surface area contributed by atoms with Crippen molar-refractivity contribution in [3.63, 3.8) is 0 Å². The SMILES string of the molecule is CCC(C)(C)c1cc2c(c(C(C)(C)CC)c1)C1OC(C(C)(C)CO)(OC3(c4c(cc(C(C)(C)CC)cc4C(C)(C)CC)Cc4cc(C(C)(C)CC)cc(C(C)(C)CC)c43)C13COC(C(C)(C)CO)OC3)c1c(cc(C(C)(C)CC)cc1C(C)(C)CC)C2.OP(O)O.OP(O)O. The van der Waals surface area contributed by atoms with Crippen LogP contribution in [-0.2, 0) is 86.5 Å². The summed E-state index contributed by atoms with van der Waals surface area (Å²) in [6.45, 7) is 66.4. The molecule has 3 aliphatic heterocycles. The Balaban J connectivity index is 0.00000169. The molecule has 4 aliphatic rings. The number of hydrogen-bond donors (Lipinski definition) is 8. The molecule has 0 radical (unpaired) electrons. The van der Waals surface area contributed by atoms with Crippen molar-refractivity contribution >= 4 is 17.2 Å². The van der Waals surface area contributed by atoms with Crippen LogP contribution >= 0.6 is 17.2 Å². The van der Waals surface area contributed by atoms with Crippen molar-refractivity contribution < 1.29 is 58.5 Å². The van der Waals surface area contributed by atoms with E-state index < -0.39 is 57.2 Å². The van der Waals surface area contributed by atoms with E-state index in [9.17, 15) is 14.9 Å². The molecular weight excluding hydrogens is 1230 g/mol. The van der Waals surface area contributed by atoms with Crippen LogP contribution in [-0.4, -0.2) is 72.3 Å². The summed E-state index contributed by atoms with van der Waals surface area (Å²) >= 11 is 0. The van der Waals surface area contributed by atoms with E-state index in [4.69, 9.17) is 43.6 Å². The molecule has 2 fully saturated rings. The molecule has 95 heavy (non-hydrogen) atoms. The predicted octanol–water partition coefficient (Wildman–Crippen LogP) is 18.7. The van der Waals surface area contributed by atoms with Gasteiger partial charge < -0.3 is 58.5 Å². The minimum Gasteiger partial charge on any atom is -0.396 e. The van der Waals surface area contributed by atoms with Crippen LogP contribution in [0.5, 0.6) is 0 Å². The molecule has 1 aliphatic carbocycles. The van der Waals surface area contributed by atoms with Crippen molar-refractivity contribution in [1.82, 2.24) is 0 Å². The first-order chi connectivity index (χ1) is 43.5. The predicted molar refractivity (Wildman–Crippen MR) is 392 cm³/mol. The number of rotatable bonds is 20. The molecule has 14 heteroatoms. The van der Waals surface area contributed by atoms with E-state index in [1.54, 1.807) is 0 Å². The highest BCUT2D eigenvalue weighted by Gasteiger charge is 2.75. The number of fused-ring (bicyclic) bond motifs is 12. The van der Waals surface area contributed by atoms with Crippen LogP contribution in [0.3, 0.4) is 0 Å². The second kappa shape index (κ2) is 28.6. The van der Waals surface area contributed by atoms with Gasteiger partial charge in [-0.25, -0.2) is 0 Å². The summed E-state index contributed by atoms with van der Waals surface area (Å²) in [5, 5.41) is 24.2. The lowest BCUT2D eigenvalue weighted by Gasteiger charge is -2.69. The molecule has 4 aromatic carbocycles. The third-order valence-corrected chi connectivity index (χ3v) is 25.2. The van der Waals surface area contributed by atoms with Gasteiger partial charge in [-0.05, 0) is 191 Å². The standard InChI is InChI=1S/C81H124O6.2H3O3P/c1-29-69(9,10)55-39-51-37-54-42-58(72(15,16)32-4)46-62(76(23,24)36-8)66(54)81(78(27,28)48-83)86-67(63(51)59(43-55)73(17,18)33-5)79(49-84-68(85-50-79)77(25,26)47-82)80(87-81)64-52(40-56(70(11,12)30-2)44-60(64)74(19,20)34-6)38-53-41-57(71(13,14)31-3)45-61(65(53)80)75(21,22)35-7;2*1-4(2)3/h39-46,67-68,82-83H,29-38,47-50H2,1-28H3;2*1-3H. The third-order valence-electron chi connectivity index (χ3n) is 25.2. The van der Waals surface area contributed by atoms with Crippen LogP contribution in [0, 0.1) is 16.2 Å². The van der Waals surface area contributed by atoms with Crippen LogP contribution in [0.15, 0.2) is 48.5 Å². The first-order valence-electron chi connectivity index (χ1n) is 35.8. The Hall–Kier alpha value is -2.74. The molecule has 12 nitrogen and oxygen atoms in total. The molecule has 0 saturated carbocycles. The molecule has 2 unspecified atom stereocenters. The van der Waals surface area contributed by atoms with Gasteiger partial charge in [0.25, 0.3) is 0 Å². The fourth-order valence-electron chi connectivity index (χ4n) is 14.8. The normalized spacial score (nSPS) is 21.1. The number of benzene rings is 4. The summed E-state index contributed by atoms with van der Waals surface area (Å²) in [4.78, 5) is 43.4. The zero-order valence-electron chi connectivity index (χ0n) is 64.3. The van der Waals surface area contributed by atoms with Crippen molar-refractivity contribution in [3.05, 3.63) is 138 Å². The van der Waals surface area contributed by atoms with Crippen molar-refractivity contribution in [2.45, 2.75) is 325 Å². The van der Waals surface area contributed by atoms with E-state index in [1.807, 2.05) is 0 Å². The van der Waals surface area contributed by atoms with Gasteiger partial charge in [0.15, 0.2) is 6.29 Å². The van der Waals surface area contributed by atoms with Crippen LogP contribution < -0.4 is 0 Å². The first kappa shape index (κ1) is 81.2. The lowest BCUT2D eigenvalue weighted by molar-refractivity contribution is -0.464. The van der Waals surface area contributed by atoms with Crippen molar-refractivity contribution in [1.29, 1.82) is 0 Å². The molecule has 2 bridgehead atoms. The largest absolute Gasteiger partial charge is 0.396 e. The number of aliphatic hydroxyl groups excluding tert-OH is 2. The van der Waals surface area contributed by atoms with Crippen LogP contribution in [0.25, 0.3) is 0 Å². The van der Waals surface area contributed by atoms with E-state index in [1.165, 1.54) is 83.5 Å². The molecule has 0 aromatic heterocycles. The summed E-state index contributed by atoms with van der Waals surface area (Å²) < 4.78 is 33.9. The van der Waals surface area contributed by atoms with Gasteiger partial charge in [-0.2, -0.15) is 0 Å². The Morgan fingerprint density at radius 2 is 0.674 bits per heavy atom. The van der Waals surface area contributed by atoms with Crippen LogP contribution in [0.2, 0.25) is 0 Å². The average Bonchev–Trinajstić information content (AvgIpc) is 0.649. The molecule has 8 N–H and O–H groups in total. The van der Waals surface area contributed by atoms with Crippen LogP contribution in [0.4, 0.5) is 0 Å². The fraction of sp³-hybridized carbons (Fsp3) is 0.704. The lowest BCUT2D eigenvalue weighted by atomic mass is 9.50. The average molecular weight is 1360 g/mol. The van der Waals surface area contributed by atoms with Gasteiger partial charge in [-0.1, -0.05) is 242 Å². The van der Waals surface area contributed by atoms with Gasteiger partial charge in [0.2, 0.25) is 5.79 Å². The Bertz CT molecular complexity index is 3210. The Labute approximate surface area is 578 Å². The van der Waals surface area contributed by atoms with Gasteiger partial charge in [-0.3, -0.25) is 0 Å². The smallest absolute Gasteiger partial charge is 0.324 e. The number of aliphatic hydroxyl groups is 2. The maximum absolute atomic E-state index is 12.9. The Kier molecular flexibility index (Phi) is 24.4. The third kappa shape index (κ3) is 14.7. The summed E-state index contributed by atoms with van der Waals surface area (Å²) in [5.41, 5.74) is 13.7. The molecule has 536 valence electrons. The fourth-order valence-corrected chi connectivity index (χ4v) is 14.8. The highest BCUT2D eigenvalue weighted by atomic mass is 31.2. The van der Waals surface area contributed by atoms with Gasteiger partial charge >= 0.3 is 17.2 Å². The van der Waals surface area contributed by atoms with Crippen LogP contribution in [0.1, 0.15) is 340 Å². The van der Waals surface area contributed by atoms with E-state index in [2.05, 4.69) is 242 Å². The van der Waals surface area contributed by atoms with E-state index in [-0.39, 0.29) is 69.7 Å². The first-order valence-corrected chi connectivity index (χ1v) is 38.2. The monoisotopic (exact) mass is 1360 g/mol. The second-order valence-electron chi connectivity index (χ2n) is 35.3. The molecule has 2 saturated heterocycles. The van der Waals surface area contributed by atoms with Gasteiger partial charge in [-0.15, -0.1) is 0 Å². The molecule has 3 heterocycles. The summed E-state index contributed by atoms with van der Waals surface area (Å²) in [6.07, 6.45) is 7.33. The molecule has 0 amide bonds. The number of ether oxygens (including phenoxy) is 4. The van der Waals surface area contributed by atoms with E-state index in [0.29, 0.717) is 6.42 Å². The second-order valence-corrected chi connectivity index (χ2v) is 36.3. The molecular formula is C81H130O12P2. The minimum atomic E-state index is -2.62. The maximum Gasteiger partial charge on any atom is 0.324 e. The van der Waals surface area contributed by atoms with Crippen molar-refractivity contribution in [2.24, 2.45) is 16.2 Å². The highest BCUT2D eigenvalue weighted by molar-refractivity contribution is 7.38. The number of hydrogen-bond acceptors (Lipinski definition) is 12. The summed E-state index contributed by atoms with van der Waals surface area (Å²) in [7, 11) is -5.24. The van der Waals surface area contributed by atoms with Gasteiger partial charge in [0, 0.05) is 16.4 Å². The van der Waals surface area contributed by atoms with Crippen molar-refractivity contribution in [3.8, 4) is 0 Å². The topological polar surface area (TPSA) is 199 Å². The minimum absolute atomic E-state index is 0.112. The molecule has 4 aromatic rings. The van der Waals surface area contributed by atoms with Crippen molar-refractivity contribution in [2.75, 3.05) is 26.4 Å². The quantitative estimate of drug-likeness (QED) is 0.0390. The van der Waals surface area contributed by atoms with E-state index in [0.717, 1.165) is 63.4 Å². The lowest BCUT2D eigenvalue weighted by Crippen LogP contribution is -2.72. The van der Waals surface area contributed by atoms with E-state index >= 15 is 0 Å². The summed E-state index contributed by atoms with van der Waals surface area (Å²) in [6, 6.07) is 20.6. The molecule has 2 spiro atoms. The zero-order chi connectivity index (χ0) is 72.4. The molecule has 8 rings (SSSR count). The molecule has 2 atom stereocenters. The zero-order valence-corrected chi connectivity index (χ0v) is 66.1. The Morgan fingerprint density at radius 3 is 0.989 bits per heavy atom. The summed E-state index contributed by atoms with van der Waals surface area (Å²) in [5.74, 6) is -1.62. The van der Waals surface area contributed by atoms with Gasteiger partial charge in [0.05, 0.1) is 31.8 Å². The Morgan fingerprint density at radius 1 is 0.389 bits per heavy atom.